The zero-order valence-corrected chi connectivity index (χ0v) is 9.10. The molecule has 3 rings (SSSR count). The Balaban J connectivity index is 2.59. The third-order valence-electron chi connectivity index (χ3n) is 2.79. The van der Waals surface area contributed by atoms with E-state index in [1.165, 1.54) is 21.9 Å². The van der Waals surface area contributed by atoms with Crippen molar-refractivity contribution in [3.05, 3.63) is 47.0 Å². The largest absolute Gasteiger partial charge is 0.354 e. The molecule has 0 atom stereocenters. The molecule has 0 bridgehead atoms. The van der Waals surface area contributed by atoms with Gasteiger partial charge in [-0.25, -0.2) is 0 Å². The molecule has 1 N–H and O–H groups in total. The van der Waals surface area contributed by atoms with Gasteiger partial charge in [-0.05, 0) is 30.7 Å². The average molecular weight is 216 g/mol. The van der Waals surface area contributed by atoms with Crippen LogP contribution in [0.15, 0.2) is 36.4 Å². The van der Waals surface area contributed by atoms with Gasteiger partial charge in [0.15, 0.2) is 0 Å². The van der Waals surface area contributed by atoms with E-state index in [-0.39, 0.29) is 0 Å². The third kappa shape index (κ3) is 1.24. The molecule has 1 nitrogen and oxygen atoms in total. The first kappa shape index (κ1) is 8.81. The first-order valence-electron chi connectivity index (χ1n) is 4.92. The Morgan fingerprint density at radius 1 is 1.07 bits per heavy atom. The average Bonchev–Trinajstić information content (AvgIpc) is 2.56. The minimum atomic E-state index is 0.770. The molecule has 15 heavy (non-hydrogen) atoms. The second kappa shape index (κ2) is 3.01. The normalized spacial score (nSPS) is 11.3. The summed E-state index contributed by atoms with van der Waals surface area (Å²) in [6.07, 6.45) is 0. The van der Waals surface area contributed by atoms with E-state index in [2.05, 4.69) is 36.2 Å². The van der Waals surface area contributed by atoms with Crippen molar-refractivity contribution in [2.45, 2.75) is 6.92 Å². The Morgan fingerprint density at radius 3 is 2.80 bits per heavy atom. The van der Waals surface area contributed by atoms with Crippen molar-refractivity contribution < 1.29 is 0 Å². The first-order valence-corrected chi connectivity index (χ1v) is 5.30. The molecule has 1 aromatic heterocycles. The standard InChI is InChI=1S/C13H10ClN/c1-8-3-2-4-11-13(8)10-6-5-9(14)7-12(10)15-11/h2-7,15H,1H3. The summed E-state index contributed by atoms with van der Waals surface area (Å²) < 4.78 is 0. The molecule has 1 heterocycles. The number of halogens is 1. The summed E-state index contributed by atoms with van der Waals surface area (Å²) in [5.41, 5.74) is 3.57. The summed E-state index contributed by atoms with van der Waals surface area (Å²) in [7, 11) is 0. The molecule has 0 saturated carbocycles. The zero-order chi connectivity index (χ0) is 10.4. The minimum Gasteiger partial charge on any atom is -0.354 e. The number of aromatic amines is 1. The second-order valence-electron chi connectivity index (χ2n) is 3.81. The number of hydrogen-bond acceptors (Lipinski definition) is 0. The van der Waals surface area contributed by atoms with Crippen LogP contribution in [0.2, 0.25) is 5.02 Å². The predicted molar refractivity (Wildman–Crippen MR) is 65.6 cm³/mol. The summed E-state index contributed by atoms with van der Waals surface area (Å²) in [6, 6.07) is 12.3. The molecule has 0 unspecified atom stereocenters. The molecule has 2 heteroatoms. The van der Waals surface area contributed by atoms with Gasteiger partial charge < -0.3 is 4.98 Å². The Hall–Kier alpha value is -1.47. The van der Waals surface area contributed by atoms with Crippen LogP contribution in [0.25, 0.3) is 21.8 Å². The molecule has 3 aromatic rings. The Kier molecular flexibility index (Phi) is 1.77. The van der Waals surface area contributed by atoms with Gasteiger partial charge in [0.05, 0.1) is 0 Å². The van der Waals surface area contributed by atoms with Crippen LogP contribution in [0, 0.1) is 6.92 Å². The number of aryl methyl sites for hydroxylation is 1. The third-order valence-corrected chi connectivity index (χ3v) is 3.03. The number of hydrogen-bond donors (Lipinski definition) is 1. The molecule has 2 aromatic carbocycles. The van der Waals surface area contributed by atoms with Gasteiger partial charge >= 0.3 is 0 Å². The molecule has 0 radical (unpaired) electrons. The lowest BCUT2D eigenvalue weighted by atomic mass is 10.1. The topological polar surface area (TPSA) is 15.8 Å². The maximum Gasteiger partial charge on any atom is 0.0479 e. The first-order chi connectivity index (χ1) is 7.25. The molecule has 0 aliphatic heterocycles. The predicted octanol–water partition coefficient (Wildman–Crippen LogP) is 4.28. The van der Waals surface area contributed by atoms with Gasteiger partial charge in [-0.2, -0.15) is 0 Å². The molecule has 0 aliphatic rings. The van der Waals surface area contributed by atoms with E-state index in [1.54, 1.807) is 0 Å². The van der Waals surface area contributed by atoms with Crippen LogP contribution in [-0.2, 0) is 0 Å². The van der Waals surface area contributed by atoms with Crippen LogP contribution in [0.4, 0.5) is 0 Å². The summed E-state index contributed by atoms with van der Waals surface area (Å²) in [4.78, 5) is 3.38. The van der Waals surface area contributed by atoms with Crippen LogP contribution in [0.1, 0.15) is 5.56 Å². The smallest absolute Gasteiger partial charge is 0.0479 e. The van der Waals surface area contributed by atoms with Crippen LogP contribution >= 0.6 is 11.6 Å². The highest BCUT2D eigenvalue weighted by atomic mass is 35.5. The Morgan fingerprint density at radius 2 is 1.93 bits per heavy atom. The number of aromatic nitrogens is 1. The SMILES string of the molecule is Cc1cccc2[nH]c3cc(Cl)ccc3c12. The quantitative estimate of drug-likeness (QED) is 0.576. The lowest BCUT2D eigenvalue weighted by Gasteiger charge is -1.95. The van der Waals surface area contributed by atoms with Crippen LogP contribution in [0.5, 0.6) is 0 Å². The van der Waals surface area contributed by atoms with E-state index >= 15 is 0 Å². The fourth-order valence-electron chi connectivity index (χ4n) is 2.11. The van der Waals surface area contributed by atoms with Gasteiger partial charge in [0.2, 0.25) is 0 Å². The van der Waals surface area contributed by atoms with Gasteiger partial charge in [-0.15, -0.1) is 0 Å². The van der Waals surface area contributed by atoms with Crippen molar-refractivity contribution in [2.75, 3.05) is 0 Å². The van der Waals surface area contributed by atoms with Crippen molar-refractivity contribution in [2.24, 2.45) is 0 Å². The maximum absolute atomic E-state index is 5.97. The van der Waals surface area contributed by atoms with Crippen molar-refractivity contribution >= 4 is 33.4 Å². The fraction of sp³-hybridized carbons (Fsp3) is 0.0769. The van der Waals surface area contributed by atoms with Crippen LogP contribution < -0.4 is 0 Å². The summed E-state index contributed by atoms with van der Waals surface area (Å²) in [5, 5.41) is 3.31. The van der Waals surface area contributed by atoms with E-state index in [0.29, 0.717) is 0 Å². The van der Waals surface area contributed by atoms with Gasteiger partial charge in [-0.3, -0.25) is 0 Å². The fourth-order valence-corrected chi connectivity index (χ4v) is 2.28. The number of H-pyrrole nitrogens is 1. The number of fused-ring (bicyclic) bond motifs is 3. The Bertz CT molecular complexity index is 652. The summed E-state index contributed by atoms with van der Waals surface area (Å²) in [6.45, 7) is 2.13. The lowest BCUT2D eigenvalue weighted by Crippen LogP contribution is -1.72. The highest BCUT2D eigenvalue weighted by Gasteiger charge is 2.05. The summed E-state index contributed by atoms with van der Waals surface area (Å²) >= 11 is 5.97. The van der Waals surface area contributed by atoms with Crippen LogP contribution in [0.3, 0.4) is 0 Å². The van der Waals surface area contributed by atoms with E-state index < -0.39 is 0 Å². The van der Waals surface area contributed by atoms with Gasteiger partial charge in [0, 0.05) is 26.8 Å². The van der Waals surface area contributed by atoms with E-state index in [0.717, 1.165) is 10.5 Å². The highest BCUT2D eigenvalue weighted by molar-refractivity contribution is 6.31. The van der Waals surface area contributed by atoms with Crippen molar-refractivity contribution in [1.29, 1.82) is 0 Å². The van der Waals surface area contributed by atoms with Crippen molar-refractivity contribution in [3.63, 3.8) is 0 Å². The molecule has 0 aliphatic carbocycles. The molecule has 0 saturated heterocycles. The minimum absolute atomic E-state index is 0.770. The van der Waals surface area contributed by atoms with E-state index in [1.807, 2.05) is 12.1 Å². The summed E-state index contributed by atoms with van der Waals surface area (Å²) in [5.74, 6) is 0. The van der Waals surface area contributed by atoms with Gasteiger partial charge in [0.1, 0.15) is 0 Å². The lowest BCUT2D eigenvalue weighted by molar-refractivity contribution is 1.51. The number of nitrogens with one attached hydrogen (secondary N) is 1. The highest BCUT2D eigenvalue weighted by Crippen LogP contribution is 2.29. The van der Waals surface area contributed by atoms with Crippen molar-refractivity contribution in [1.82, 2.24) is 4.98 Å². The molecular formula is C13H10ClN. The molecule has 0 fully saturated rings. The number of benzene rings is 2. The van der Waals surface area contributed by atoms with E-state index in [9.17, 15) is 0 Å². The van der Waals surface area contributed by atoms with Crippen LogP contribution in [-0.4, -0.2) is 4.98 Å². The molecule has 0 spiro atoms. The molecule has 0 amide bonds. The monoisotopic (exact) mass is 215 g/mol. The zero-order valence-electron chi connectivity index (χ0n) is 8.34. The maximum atomic E-state index is 5.97. The molecular weight excluding hydrogens is 206 g/mol. The second-order valence-corrected chi connectivity index (χ2v) is 4.25. The van der Waals surface area contributed by atoms with Gasteiger partial charge in [0.25, 0.3) is 0 Å². The number of rotatable bonds is 0. The van der Waals surface area contributed by atoms with Gasteiger partial charge in [-0.1, -0.05) is 29.8 Å². The van der Waals surface area contributed by atoms with Crippen molar-refractivity contribution in [3.8, 4) is 0 Å². The van der Waals surface area contributed by atoms with E-state index in [4.69, 9.17) is 11.6 Å². The Labute approximate surface area is 92.7 Å². The molecule has 74 valence electrons.